The highest BCUT2D eigenvalue weighted by atomic mass is 79.9. The molecule has 0 bridgehead atoms. The molecular formula is C14H15BrN2O3. The molecule has 5 nitrogen and oxygen atoms in total. The van der Waals surface area contributed by atoms with Crippen molar-refractivity contribution < 1.29 is 14.6 Å². The number of nitrogens with one attached hydrogen (secondary N) is 1. The van der Waals surface area contributed by atoms with Gasteiger partial charge in [-0.1, -0.05) is 0 Å². The Balaban J connectivity index is 2.28. The molecule has 0 amide bonds. The monoisotopic (exact) mass is 338 g/mol. The number of H-pyrrole nitrogens is 1. The Labute approximate surface area is 125 Å². The molecular weight excluding hydrogens is 324 g/mol. The number of rotatable bonds is 2. The van der Waals surface area contributed by atoms with Crippen LogP contribution in [-0.4, -0.2) is 22.2 Å². The van der Waals surface area contributed by atoms with E-state index in [1.165, 1.54) is 7.11 Å². The first-order chi connectivity index (χ1) is 9.45. The minimum Gasteiger partial charge on any atom is -0.481 e. The maximum Gasteiger partial charge on any atom is 0.197 e. The molecule has 1 aliphatic rings. The van der Waals surface area contributed by atoms with Crippen molar-refractivity contribution in [2.75, 3.05) is 7.11 Å². The summed E-state index contributed by atoms with van der Waals surface area (Å²) in [5.74, 6) is 0.720. The van der Waals surface area contributed by atoms with E-state index in [4.69, 9.17) is 9.47 Å². The van der Waals surface area contributed by atoms with Gasteiger partial charge < -0.3 is 19.6 Å². The molecule has 2 aromatic rings. The molecule has 20 heavy (non-hydrogen) atoms. The quantitative estimate of drug-likeness (QED) is 0.825. The normalized spacial score (nSPS) is 17.1. The van der Waals surface area contributed by atoms with Crippen LogP contribution in [0.2, 0.25) is 0 Å². The number of ether oxygens (including phenoxy) is 2. The third kappa shape index (κ3) is 1.87. The van der Waals surface area contributed by atoms with E-state index in [2.05, 4.69) is 25.9 Å². The second-order valence-electron chi connectivity index (χ2n) is 5.17. The Morgan fingerprint density at radius 2 is 2.25 bits per heavy atom. The molecule has 106 valence electrons. The highest BCUT2D eigenvalue weighted by Crippen LogP contribution is 2.49. The smallest absolute Gasteiger partial charge is 0.197 e. The molecule has 0 spiro atoms. The number of halogens is 1. The molecule has 0 fully saturated rings. The van der Waals surface area contributed by atoms with Gasteiger partial charge in [-0.25, -0.2) is 0 Å². The average Bonchev–Trinajstić information content (AvgIpc) is 2.76. The first-order valence-corrected chi connectivity index (χ1v) is 7.01. The number of aromatic amines is 1. The maximum absolute atomic E-state index is 9.94. The Hall–Kier alpha value is -1.37. The van der Waals surface area contributed by atoms with Crippen LogP contribution in [0.5, 0.6) is 5.75 Å². The average molecular weight is 339 g/mol. The lowest BCUT2D eigenvalue weighted by Gasteiger charge is -2.32. The summed E-state index contributed by atoms with van der Waals surface area (Å²) in [6.45, 7) is 3.95. The van der Waals surface area contributed by atoms with Gasteiger partial charge in [-0.2, -0.15) is 0 Å². The molecule has 0 saturated heterocycles. The van der Waals surface area contributed by atoms with Crippen LogP contribution in [0.25, 0.3) is 11.3 Å². The topological polar surface area (TPSA) is 67.4 Å². The molecule has 0 aliphatic carbocycles. The van der Waals surface area contributed by atoms with Gasteiger partial charge in [-0.15, -0.1) is 0 Å². The summed E-state index contributed by atoms with van der Waals surface area (Å²) in [4.78, 5) is 7.33. The highest BCUT2D eigenvalue weighted by molar-refractivity contribution is 9.10. The van der Waals surface area contributed by atoms with Gasteiger partial charge in [-0.05, 0) is 35.8 Å². The van der Waals surface area contributed by atoms with Crippen molar-refractivity contribution in [1.82, 2.24) is 9.97 Å². The van der Waals surface area contributed by atoms with E-state index in [9.17, 15) is 5.11 Å². The fraction of sp³-hybridized carbons (Fsp3) is 0.357. The SMILES string of the molecule is COC(O)c1[nH]c2c(c1Br)C(C)(C)Oc1cnccc1-2. The Morgan fingerprint density at radius 3 is 2.95 bits per heavy atom. The zero-order valence-corrected chi connectivity index (χ0v) is 13.0. The van der Waals surface area contributed by atoms with E-state index >= 15 is 0 Å². The van der Waals surface area contributed by atoms with Crippen LogP contribution in [0.15, 0.2) is 22.9 Å². The van der Waals surface area contributed by atoms with Gasteiger partial charge in [0, 0.05) is 24.4 Å². The van der Waals surface area contributed by atoms with Crippen LogP contribution in [0.1, 0.15) is 31.4 Å². The number of aliphatic hydroxyl groups excluding tert-OH is 1. The number of pyridine rings is 1. The maximum atomic E-state index is 9.94. The number of hydrogen-bond acceptors (Lipinski definition) is 4. The van der Waals surface area contributed by atoms with Crippen LogP contribution in [0.3, 0.4) is 0 Å². The van der Waals surface area contributed by atoms with Gasteiger partial charge in [0.1, 0.15) is 11.4 Å². The first-order valence-electron chi connectivity index (χ1n) is 6.22. The number of nitrogens with zero attached hydrogens (tertiary/aromatic N) is 1. The lowest BCUT2D eigenvalue weighted by molar-refractivity contribution is -0.0800. The molecule has 1 unspecified atom stereocenters. The molecule has 1 aliphatic heterocycles. The minimum absolute atomic E-state index is 0.535. The second kappa shape index (κ2) is 4.58. The van der Waals surface area contributed by atoms with Gasteiger partial charge in [0.25, 0.3) is 0 Å². The molecule has 1 atom stereocenters. The zero-order chi connectivity index (χ0) is 14.5. The fourth-order valence-corrected chi connectivity index (χ4v) is 3.52. The Bertz CT molecular complexity index is 666. The van der Waals surface area contributed by atoms with Crippen molar-refractivity contribution in [3.05, 3.63) is 34.2 Å². The predicted octanol–water partition coefficient (Wildman–Crippen LogP) is 3.10. The predicted molar refractivity (Wildman–Crippen MR) is 77.3 cm³/mol. The third-order valence-electron chi connectivity index (χ3n) is 3.46. The Kier molecular flexibility index (Phi) is 3.12. The number of hydrogen-bond donors (Lipinski definition) is 2. The summed E-state index contributed by atoms with van der Waals surface area (Å²) in [5.41, 5.74) is 2.84. The number of fused-ring (bicyclic) bond motifs is 3. The van der Waals surface area contributed by atoms with Crippen molar-refractivity contribution in [3.8, 4) is 17.0 Å². The molecule has 0 aromatic carbocycles. The van der Waals surface area contributed by atoms with E-state index in [0.717, 1.165) is 27.0 Å². The van der Waals surface area contributed by atoms with Gasteiger partial charge in [-0.3, -0.25) is 4.98 Å². The Morgan fingerprint density at radius 1 is 1.50 bits per heavy atom. The molecule has 6 heteroatoms. The fourth-order valence-electron chi connectivity index (χ4n) is 2.55. The largest absolute Gasteiger partial charge is 0.481 e. The van der Waals surface area contributed by atoms with Crippen molar-refractivity contribution in [2.45, 2.75) is 25.7 Å². The van der Waals surface area contributed by atoms with Gasteiger partial charge >= 0.3 is 0 Å². The van der Waals surface area contributed by atoms with Crippen LogP contribution < -0.4 is 4.74 Å². The summed E-state index contributed by atoms with van der Waals surface area (Å²) < 4.78 is 11.8. The van der Waals surface area contributed by atoms with Crippen LogP contribution in [0, 0.1) is 0 Å². The van der Waals surface area contributed by atoms with Crippen LogP contribution in [0.4, 0.5) is 0 Å². The van der Waals surface area contributed by atoms with Crippen molar-refractivity contribution in [1.29, 1.82) is 0 Å². The molecule has 0 radical (unpaired) electrons. The standard InChI is InChI=1S/C14H15BrN2O3/c1-14(2)9-10(15)12(13(18)19-3)17-11(9)7-4-5-16-6-8(7)20-14/h4-6,13,17-18H,1-3H3. The molecule has 3 heterocycles. The second-order valence-corrected chi connectivity index (χ2v) is 5.97. The first kappa shape index (κ1) is 13.6. The van der Waals surface area contributed by atoms with Crippen molar-refractivity contribution in [2.24, 2.45) is 0 Å². The van der Waals surface area contributed by atoms with Crippen molar-refractivity contribution >= 4 is 15.9 Å². The van der Waals surface area contributed by atoms with E-state index in [0.29, 0.717) is 5.69 Å². The summed E-state index contributed by atoms with van der Waals surface area (Å²) >= 11 is 3.54. The van der Waals surface area contributed by atoms with Crippen molar-refractivity contribution in [3.63, 3.8) is 0 Å². The van der Waals surface area contributed by atoms with Gasteiger partial charge in [0.15, 0.2) is 6.29 Å². The highest BCUT2D eigenvalue weighted by Gasteiger charge is 2.38. The molecule has 2 aromatic heterocycles. The number of methoxy groups -OCH3 is 1. The lowest BCUT2D eigenvalue weighted by atomic mass is 9.92. The summed E-state index contributed by atoms with van der Waals surface area (Å²) in [6, 6.07) is 1.88. The minimum atomic E-state index is -1.02. The van der Waals surface area contributed by atoms with E-state index in [1.54, 1.807) is 12.4 Å². The summed E-state index contributed by atoms with van der Waals surface area (Å²) in [7, 11) is 1.45. The zero-order valence-electron chi connectivity index (χ0n) is 11.4. The van der Waals surface area contributed by atoms with Crippen LogP contribution >= 0.6 is 15.9 Å². The lowest BCUT2D eigenvalue weighted by Crippen LogP contribution is -2.29. The van der Waals surface area contributed by atoms with E-state index in [-0.39, 0.29) is 0 Å². The van der Waals surface area contributed by atoms with E-state index in [1.807, 2.05) is 19.9 Å². The summed E-state index contributed by atoms with van der Waals surface area (Å²) in [6.07, 6.45) is 2.39. The van der Waals surface area contributed by atoms with Crippen LogP contribution in [-0.2, 0) is 10.3 Å². The van der Waals surface area contributed by atoms with Gasteiger partial charge in [0.2, 0.25) is 0 Å². The number of aromatic nitrogens is 2. The molecule has 3 rings (SSSR count). The molecule has 0 saturated carbocycles. The summed E-state index contributed by atoms with van der Waals surface area (Å²) in [5, 5.41) is 9.94. The number of aliphatic hydroxyl groups is 1. The van der Waals surface area contributed by atoms with Gasteiger partial charge in [0.05, 0.1) is 22.1 Å². The molecule has 2 N–H and O–H groups in total. The third-order valence-corrected chi connectivity index (χ3v) is 4.28. The van der Waals surface area contributed by atoms with E-state index < -0.39 is 11.9 Å².